The molecule has 2 aromatic rings. The molecule has 2 atom stereocenters. The van der Waals surface area contributed by atoms with Crippen LogP contribution in [0.25, 0.3) is 11.1 Å². The van der Waals surface area contributed by atoms with Crippen molar-refractivity contribution in [2.24, 2.45) is 5.41 Å². The van der Waals surface area contributed by atoms with Gasteiger partial charge < -0.3 is 20.3 Å². The van der Waals surface area contributed by atoms with Crippen LogP contribution in [0.1, 0.15) is 38.8 Å². The number of amides is 2. The minimum absolute atomic E-state index is 0.319. The van der Waals surface area contributed by atoms with E-state index in [2.05, 4.69) is 10.6 Å². The molecule has 0 aliphatic rings. The Kier molecular flexibility index (Phi) is 7.01. The zero-order chi connectivity index (χ0) is 22.5. The number of carboxylic acids is 1. The Morgan fingerprint density at radius 3 is 2.27 bits per heavy atom. The first-order chi connectivity index (χ1) is 14.1. The van der Waals surface area contributed by atoms with Crippen molar-refractivity contribution in [2.75, 3.05) is 7.05 Å². The van der Waals surface area contributed by atoms with E-state index in [-0.39, 0.29) is 12.3 Å². The highest BCUT2D eigenvalue weighted by molar-refractivity contribution is 5.90. The van der Waals surface area contributed by atoms with Crippen molar-refractivity contribution in [1.29, 1.82) is 5.26 Å². The molecule has 2 amide bonds. The van der Waals surface area contributed by atoms with Crippen LogP contribution in [0.5, 0.6) is 0 Å². The summed E-state index contributed by atoms with van der Waals surface area (Å²) in [6.07, 6.45) is 2.92. The standard InChI is InChI=1S/C22H26N4O4/c1-22(2,3)19(20(28)24-4)25-18(27)11-17(21(29)30)26-10-9-16(13-26)15-7-5-14(12-23)6-8-15/h5-10,13,17,19H,11H2,1-4H3,(H,24,28)(H,25,27)(H,29,30)/t17-,19-/m1/s1. The Morgan fingerprint density at radius 1 is 1.13 bits per heavy atom. The molecule has 158 valence electrons. The number of aliphatic carboxylic acids is 1. The fraction of sp³-hybridized carbons (Fsp3) is 0.364. The van der Waals surface area contributed by atoms with E-state index in [9.17, 15) is 19.5 Å². The van der Waals surface area contributed by atoms with E-state index in [0.29, 0.717) is 5.56 Å². The number of likely N-dealkylation sites (N-methyl/N-ethyl adjacent to an activating group) is 1. The summed E-state index contributed by atoms with van der Waals surface area (Å²) in [4.78, 5) is 36.5. The maximum Gasteiger partial charge on any atom is 0.327 e. The Labute approximate surface area is 175 Å². The summed E-state index contributed by atoms with van der Waals surface area (Å²) in [6, 6.07) is 8.80. The number of carbonyl (C=O) groups excluding carboxylic acids is 2. The zero-order valence-electron chi connectivity index (χ0n) is 17.5. The molecule has 0 bridgehead atoms. The van der Waals surface area contributed by atoms with E-state index >= 15 is 0 Å². The molecular formula is C22H26N4O4. The van der Waals surface area contributed by atoms with Gasteiger partial charge in [-0.05, 0) is 34.7 Å². The van der Waals surface area contributed by atoms with E-state index < -0.39 is 29.4 Å². The highest BCUT2D eigenvalue weighted by Crippen LogP contribution is 2.24. The molecule has 0 saturated heterocycles. The Morgan fingerprint density at radius 2 is 1.77 bits per heavy atom. The lowest BCUT2D eigenvalue weighted by atomic mass is 9.86. The van der Waals surface area contributed by atoms with Crippen molar-refractivity contribution in [3.63, 3.8) is 0 Å². The van der Waals surface area contributed by atoms with Crippen LogP contribution in [0.3, 0.4) is 0 Å². The maximum atomic E-state index is 12.6. The highest BCUT2D eigenvalue weighted by atomic mass is 16.4. The second kappa shape index (κ2) is 9.27. The smallest absolute Gasteiger partial charge is 0.327 e. The van der Waals surface area contributed by atoms with Gasteiger partial charge in [0.1, 0.15) is 12.1 Å². The lowest BCUT2D eigenvalue weighted by Gasteiger charge is -2.30. The first-order valence-electron chi connectivity index (χ1n) is 9.48. The molecule has 3 N–H and O–H groups in total. The van der Waals surface area contributed by atoms with Gasteiger partial charge in [-0.3, -0.25) is 9.59 Å². The van der Waals surface area contributed by atoms with E-state index in [4.69, 9.17) is 5.26 Å². The molecule has 0 fully saturated rings. The molecule has 0 aliphatic heterocycles. The predicted molar refractivity (Wildman–Crippen MR) is 111 cm³/mol. The third-order valence-corrected chi connectivity index (χ3v) is 4.77. The van der Waals surface area contributed by atoms with Crippen LogP contribution in [-0.4, -0.2) is 40.5 Å². The fourth-order valence-corrected chi connectivity index (χ4v) is 3.05. The van der Waals surface area contributed by atoms with Crippen molar-refractivity contribution in [3.8, 4) is 17.2 Å². The number of carboxylic acid groups (broad SMARTS) is 1. The van der Waals surface area contributed by atoms with E-state index in [1.54, 1.807) is 42.7 Å². The number of nitrogens with zero attached hydrogens (tertiary/aromatic N) is 2. The molecule has 0 saturated carbocycles. The van der Waals surface area contributed by atoms with Gasteiger partial charge in [0.2, 0.25) is 11.8 Å². The van der Waals surface area contributed by atoms with Gasteiger partial charge in [-0.2, -0.15) is 5.26 Å². The molecule has 8 nitrogen and oxygen atoms in total. The summed E-state index contributed by atoms with van der Waals surface area (Å²) >= 11 is 0. The number of nitriles is 1. The van der Waals surface area contributed by atoms with Gasteiger partial charge in [-0.1, -0.05) is 32.9 Å². The Balaban J connectivity index is 2.19. The van der Waals surface area contributed by atoms with Gasteiger partial charge in [0.25, 0.3) is 0 Å². The second-order valence-corrected chi connectivity index (χ2v) is 8.08. The average Bonchev–Trinajstić information content (AvgIpc) is 3.18. The van der Waals surface area contributed by atoms with Gasteiger partial charge in [-0.15, -0.1) is 0 Å². The minimum Gasteiger partial charge on any atom is -0.480 e. The molecular weight excluding hydrogens is 384 g/mol. The predicted octanol–water partition coefficient (Wildman–Crippen LogP) is 2.32. The first-order valence-corrected chi connectivity index (χ1v) is 9.48. The van der Waals surface area contributed by atoms with E-state index in [1.807, 2.05) is 26.8 Å². The van der Waals surface area contributed by atoms with Crippen LogP contribution < -0.4 is 10.6 Å². The molecule has 2 rings (SSSR count). The lowest BCUT2D eigenvalue weighted by Crippen LogP contribution is -2.53. The molecule has 1 aromatic heterocycles. The summed E-state index contributed by atoms with van der Waals surface area (Å²) in [5, 5.41) is 23.7. The van der Waals surface area contributed by atoms with Gasteiger partial charge in [0.05, 0.1) is 18.1 Å². The molecule has 0 spiro atoms. The number of hydrogen-bond acceptors (Lipinski definition) is 4. The van der Waals surface area contributed by atoms with Crippen LogP contribution in [0.4, 0.5) is 0 Å². The van der Waals surface area contributed by atoms with Crippen molar-refractivity contribution in [2.45, 2.75) is 39.3 Å². The molecule has 1 heterocycles. The Hall–Kier alpha value is -3.60. The summed E-state index contributed by atoms with van der Waals surface area (Å²) < 4.78 is 1.46. The normalized spacial score (nSPS) is 13.0. The van der Waals surface area contributed by atoms with Crippen molar-refractivity contribution >= 4 is 17.8 Å². The average molecular weight is 410 g/mol. The molecule has 0 aliphatic carbocycles. The number of benzene rings is 1. The SMILES string of the molecule is CNC(=O)[C@@H](NC(=O)C[C@H](C(=O)O)n1ccc(-c2ccc(C#N)cc2)c1)C(C)(C)C. The summed E-state index contributed by atoms with van der Waals surface area (Å²) in [7, 11) is 1.48. The van der Waals surface area contributed by atoms with Crippen molar-refractivity contribution in [1.82, 2.24) is 15.2 Å². The van der Waals surface area contributed by atoms with Crippen LogP contribution in [0, 0.1) is 16.7 Å². The van der Waals surface area contributed by atoms with E-state index in [0.717, 1.165) is 11.1 Å². The number of aromatic nitrogens is 1. The number of rotatable bonds is 7. The van der Waals surface area contributed by atoms with E-state index in [1.165, 1.54) is 11.6 Å². The number of hydrogen-bond donors (Lipinski definition) is 3. The third kappa shape index (κ3) is 5.47. The number of carbonyl (C=O) groups is 3. The van der Waals surface area contributed by atoms with Gasteiger partial charge in [0.15, 0.2) is 0 Å². The molecule has 30 heavy (non-hydrogen) atoms. The molecule has 8 heteroatoms. The summed E-state index contributed by atoms with van der Waals surface area (Å²) in [6.45, 7) is 5.45. The summed E-state index contributed by atoms with van der Waals surface area (Å²) in [5.74, 6) is -2.02. The summed E-state index contributed by atoms with van der Waals surface area (Å²) in [5.41, 5.74) is 1.59. The maximum absolute atomic E-state index is 12.6. The van der Waals surface area contributed by atoms with Crippen molar-refractivity contribution in [3.05, 3.63) is 48.3 Å². The van der Waals surface area contributed by atoms with Gasteiger partial charge >= 0.3 is 5.97 Å². The monoisotopic (exact) mass is 410 g/mol. The van der Waals surface area contributed by atoms with Gasteiger partial charge in [0, 0.05) is 19.4 Å². The quantitative estimate of drug-likeness (QED) is 0.646. The first kappa shape index (κ1) is 22.7. The fourth-order valence-electron chi connectivity index (χ4n) is 3.05. The van der Waals surface area contributed by atoms with Crippen LogP contribution in [-0.2, 0) is 14.4 Å². The lowest BCUT2D eigenvalue weighted by molar-refractivity contribution is -0.143. The second-order valence-electron chi connectivity index (χ2n) is 8.08. The van der Waals surface area contributed by atoms with Crippen LogP contribution in [0.15, 0.2) is 42.7 Å². The number of nitrogens with one attached hydrogen (secondary N) is 2. The molecule has 1 aromatic carbocycles. The minimum atomic E-state index is -1.15. The zero-order valence-corrected chi connectivity index (χ0v) is 17.5. The largest absolute Gasteiger partial charge is 0.480 e. The van der Waals surface area contributed by atoms with Crippen LogP contribution >= 0.6 is 0 Å². The topological polar surface area (TPSA) is 124 Å². The van der Waals surface area contributed by atoms with Crippen LogP contribution in [0.2, 0.25) is 0 Å². The highest BCUT2D eigenvalue weighted by Gasteiger charge is 2.33. The molecule has 0 radical (unpaired) electrons. The van der Waals surface area contributed by atoms with Gasteiger partial charge in [-0.25, -0.2) is 4.79 Å². The third-order valence-electron chi connectivity index (χ3n) is 4.77. The molecule has 0 unspecified atom stereocenters. The Bertz CT molecular complexity index is 964. The van der Waals surface area contributed by atoms with Crippen molar-refractivity contribution < 1.29 is 19.5 Å².